The molecule has 0 aliphatic carbocycles. The lowest BCUT2D eigenvalue weighted by molar-refractivity contribution is -0.117. The molecule has 5 heteroatoms. The van der Waals surface area contributed by atoms with Crippen LogP contribution in [0.25, 0.3) is 22.3 Å². The quantitative estimate of drug-likeness (QED) is 0.747. The summed E-state index contributed by atoms with van der Waals surface area (Å²) >= 11 is 0. The summed E-state index contributed by atoms with van der Waals surface area (Å²) in [5.74, 6) is 0.0692. The molecule has 138 valence electrons. The van der Waals surface area contributed by atoms with Gasteiger partial charge in [0.25, 0.3) is 5.91 Å². The first-order valence-electron chi connectivity index (χ1n) is 8.80. The second-order valence-electron chi connectivity index (χ2n) is 6.71. The molecule has 2 aromatic carbocycles. The third-order valence-electron chi connectivity index (χ3n) is 4.40. The molecule has 0 bridgehead atoms. The number of nitrogens with one attached hydrogen (secondary N) is 1. The van der Waals surface area contributed by atoms with Crippen LogP contribution >= 0.6 is 0 Å². The second kappa shape index (κ2) is 7.58. The van der Waals surface area contributed by atoms with E-state index in [4.69, 9.17) is 4.42 Å². The second-order valence-corrected chi connectivity index (χ2v) is 6.71. The first-order valence-corrected chi connectivity index (χ1v) is 8.80. The zero-order chi connectivity index (χ0) is 19.6. The summed E-state index contributed by atoms with van der Waals surface area (Å²) < 4.78 is 6.05. The highest BCUT2D eigenvalue weighted by atomic mass is 16.3. The molecule has 1 heterocycles. The number of fused-ring (bicyclic) bond motifs is 1. The van der Waals surface area contributed by atoms with E-state index in [1.807, 2.05) is 30.3 Å². The molecule has 27 heavy (non-hydrogen) atoms. The van der Waals surface area contributed by atoms with E-state index in [0.717, 1.165) is 5.56 Å². The molecule has 0 saturated carbocycles. The number of ketones is 1. The Bertz CT molecular complexity index is 1070. The minimum Gasteiger partial charge on any atom is -0.455 e. The Hall–Kier alpha value is -3.21. The molecular formula is C22H21NO4. The predicted molar refractivity (Wildman–Crippen MR) is 105 cm³/mol. The van der Waals surface area contributed by atoms with Crippen molar-refractivity contribution < 1.29 is 14.0 Å². The monoisotopic (exact) mass is 363 g/mol. The third-order valence-corrected chi connectivity index (χ3v) is 4.40. The van der Waals surface area contributed by atoms with Gasteiger partial charge in [-0.05, 0) is 32.9 Å². The summed E-state index contributed by atoms with van der Waals surface area (Å²) in [7, 11) is 0. The molecule has 1 atom stereocenters. The van der Waals surface area contributed by atoms with Crippen LogP contribution in [0.4, 0.5) is 0 Å². The summed E-state index contributed by atoms with van der Waals surface area (Å²) in [6.45, 7) is 4.96. The molecule has 1 amide bonds. The van der Waals surface area contributed by atoms with Crippen LogP contribution in [-0.4, -0.2) is 17.7 Å². The SMILES string of the molecule is CC(=O)CC(C)NC(=O)c1cccc2c(=O)c(C)c(-c3ccccc3)oc12. The number of amides is 1. The molecule has 1 N–H and O–H groups in total. The van der Waals surface area contributed by atoms with Gasteiger partial charge in [0, 0.05) is 23.6 Å². The van der Waals surface area contributed by atoms with E-state index in [9.17, 15) is 14.4 Å². The minimum absolute atomic E-state index is 0.00533. The van der Waals surface area contributed by atoms with E-state index in [1.165, 1.54) is 6.92 Å². The summed E-state index contributed by atoms with van der Waals surface area (Å²) in [6.07, 6.45) is 0.245. The number of carbonyl (C=O) groups excluding carboxylic acids is 2. The van der Waals surface area contributed by atoms with Gasteiger partial charge in [-0.15, -0.1) is 0 Å². The van der Waals surface area contributed by atoms with Gasteiger partial charge in [-0.25, -0.2) is 0 Å². The Morgan fingerprint density at radius 3 is 2.44 bits per heavy atom. The molecule has 0 radical (unpaired) electrons. The average Bonchev–Trinajstić information content (AvgIpc) is 2.64. The van der Waals surface area contributed by atoms with Gasteiger partial charge in [0.2, 0.25) is 0 Å². The highest BCUT2D eigenvalue weighted by Crippen LogP contribution is 2.27. The van der Waals surface area contributed by atoms with Gasteiger partial charge in [-0.1, -0.05) is 36.4 Å². The number of Topliss-reactive ketones (excluding diaryl/α,β-unsaturated/α-hetero) is 1. The standard InChI is InChI=1S/C22H21NO4/c1-13(12-14(2)24)23-22(26)18-11-7-10-17-19(25)15(3)20(27-21(17)18)16-8-5-4-6-9-16/h4-11,13H,12H2,1-3H3,(H,23,26). The van der Waals surface area contributed by atoms with E-state index in [-0.39, 0.29) is 40.7 Å². The van der Waals surface area contributed by atoms with Crippen LogP contribution in [0, 0.1) is 6.92 Å². The number of para-hydroxylation sites is 1. The Kier molecular flexibility index (Phi) is 5.21. The molecule has 0 spiro atoms. The van der Waals surface area contributed by atoms with E-state index < -0.39 is 0 Å². The molecule has 1 unspecified atom stereocenters. The minimum atomic E-state index is -0.375. The van der Waals surface area contributed by atoms with E-state index in [1.54, 1.807) is 32.0 Å². The Morgan fingerprint density at radius 2 is 1.78 bits per heavy atom. The van der Waals surface area contributed by atoms with E-state index in [2.05, 4.69) is 5.32 Å². The van der Waals surface area contributed by atoms with Crippen molar-refractivity contribution in [3.63, 3.8) is 0 Å². The fourth-order valence-electron chi connectivity index (χ4n) is 3.14. The van der Waals surface area contributed by atoms with Gasteiger partial charge in [-0.3, -0.25) is 14.4 Å². The maximum absolute atomic E-state index is 12.8. The fraction of sp³-hybridized carbons (Fsp3) is 0.227. The molecule has 3 rings (SSSR count). The number of rotatable bonds is 5. The van der Waals surface area contributed by atoms with Crippen molar-refractivity contribution >= 4 is 22.7 Å². The maximum Gasteiger partial charge on any atom is 0.255 e. The van der Waals surface area contributed by atoms with Crippen LogP contribution in [0.5, 0.6) is 0 Å². The topological polar surface area (TPSA) is 76.4 Å². The lowest BCUT2D eigenvalue weighted by Gasteiger charge is -2.14. The van der Waals surface area contributed by atoms with Gasteiger partial charge in [0.05, 0.1) is 10.9 Å². The van der Waals surface area contributed by atoms with Crippen molar-refractivity contribution in [2.75, 3.05) is 0 Å². The molecule has 0 aliphatic heterocycles. The first-order chi connectivity index (χ1) is 12.9. The molecule has 0 aliphatic rings. The van der Waals surface area contributed by atoms with Gasteiger partial charge in [-0.2, -0.15) is 0 Å². The van der Waals surface area contributed by atoms with Crippen molar-refractivity contribution in [1.29, 1.82) is 0 Å². The normalized spacial score (nSPS) is 12.0. The molecular weight excluding hydrogens is 342 g/mol. The average molecular weight is 363 g/mol. The molecule has 5 nitrogen and oxygen atoms in total. The van der Waals surface area contributed by atoms with Crippen LogP contribution < -0.4 is 10.7 Å². The lowest BCUT2D eigenvalue weighted by atomic mass is 10.0. The van der Waals surface area contributed by atoms with Crippen molar-refractivity contribution in [1.82, 2.24) is 5.32 Å². The predicted octanol–water partition coefficient (Wildman–Crippen LogP) is 3.87. The first kappa shape index (κ1) is 18.6. The fourth-order valence-corrected chi connectivity index (χ4v) is 3.14. The smallest absolute Gasteiger partial charge is 0.255 e. The Labute approximate surface area is 157 Å². The zero-order valence-corrected chi connectivity index (χ0v) is 15.5. The van der Waals surface area contributed by atoms with Crippen molar-refractivity contribution in [3.05, 3.63) is 69.9 Å². The zero-order valence-electron chi connectivity index (χ0n) is 15.5. The summed E-state index contributed by atoms with van der Waals surface area (Å²) in [5.41, 5.74) is 1.63. The van der Waals surface area contributed by atoms with Crippen molar-refractivity contribution in [2.45, 2.75) is 33.2 Å². The highest BCUT2D eigenvalue weighted by Gasteiger charge is 2.19. The van der Waals surface area contributed by atoms with Gasteiger partial charge in [0.15, 0.2) is 11.0 Å². The Morgan fingerprint density at radius 1 is 1.07 bits per heavy atom. The number of benzene rings is 2. The Balaban J connectivity index is 2.12. The number of hydrogen-bond acceptors (Lipinski definition) is 4. The van der Waals surface area contributed by atoms with Crippen LogP contribution in [0.3, 0.4) is 0 Å². The van der Waals surface area contributed by atoms with Crippen LogP contribution in [0.15, 0.2) is 57.7 Å². The van der Waals surface area contributed by atoms with Crippen LogP contribution in [-0.2, 0) is 4.79 Å². The van der Waals surface area contributed by atoms with Crippen molar-refractivity contribution in [2.24, 2.45) is 0 Å². The number of carbonyl (C=O) groups is 2. The summed E-state index contributed by atoms with van der Waals surface area (Å²) in [5, 5.41) is 3.15. The van der Waals surface area contributed by atoms with Gasteiger partial charge in [0.1, 0.15) is 11.5 Å². The van der Waals surface area contributed by atoms with Crippen LogP contribution in [0.1, 0.15) is 36.2 Å². The van der Waals surface area contributed by atoms with E-state index >= 15 is 0 Å². The summed E-state index contributed by atoms with van der Waals surface area (Å²) in [6, 6.07) is 13.9. The molecule has 0 saturated heterocycles. The van der Waals surface area contributed by atoms with E-state index in [0.29, 0.717) is 16.7 Å². The summed E-state index contributed by atoms with van der Waals surface area (Å²) in [4.78, 5) is 36.8. The van der Waals surface area contributed by atoms with Gasteiger partial charge < -0.3 is 9.73 Å². The van der Waals surface area contributed by atoms with Crippen LogP contribution in [0.2, 0.25) is 0 Å². The van der Waals surface area contributed by atoms with Crippen molar-refractivity contribution in [3.8, 4) is 11.3 Å². The number of hydrogen-bond donors (Lipinski definition) is 1. The molecule has 0 fully saturated rings. The largest absolute Gasteiger partial charge is 0.455 e. The lowest BCUT2D eigenvalue weighted by Crippen LogP contribution is -2.34. The maximum atomic E-state index is 12.8. The molecule has 1 aromatic heterocycles. The highest BCUT2D eigenvalue weighted by molar-refractivity contribution is 6.05. The third kappa shape index (κ3) is 3.82. The van der Waals surface area contributed by atoms with Gasteiger partial charge >= 0.3 is 0 Å². The molecule has 3 aromatic rings.